The average Bonchev–Trinajstić information content (AvgIpc) is 3.94. The highest BCUT2D eigenvalue weighted by atomic mass is 15.0. The van der Waals surface area contributed by atoms with Crippen LogP contribution in [-0.4, -0.2) is 19.1 Å². The Hall–Kier alpha value is -9.12. The molecule has 4 nitrogen and oxygen atoms in total. The van der Waals surface area contributed by atoms with E-state index in [1.165, 1.54) is 65.9 Å². The number of para-hydroxylation sites is 4. The second-order valence-corrected chi connectivity index (χ2v) is 17.5. The minimum atomic E-state index is 0.879. The van der Waals surface area contributed by atoms with Gasteiger partial charge in [-0.1, -0.05) is 158 Å². The zero-order valence-corrected chi connectivity index (χ0v) is 37.0. The zero-order chi connectivity index (χ0) is 45.0. The molecule has 0 bridgehead atoms. The smallest absolute Gasteiger partial charge is 0.116 e. The van der Waals surface area contributed by atoms with E-state index in [9.17, 15) is 0 Å². The summed E-state index contributed by atoms with van der Waals surface area (Å²) in [7, 11) is 0. The van der Waals surface area contributed by atoms with E-state index in [0.29, 0.717) is 0 Å². The molecule has 13 rings (SSSR count). The SMILES string of the molecule is c1ccc(-n2c3ccccc3c3cc(-c4cccc(-c5cccc(-c6cc(-c7cccc(-c8cccc(-c9ccc%10c(c9)c9ccccc9n%10-c9ccccc9)c8)c7)ncn6)c5)c4)ccc32)cc1. The number of rotatable bonds is 8. The number of fused-ring (bicyclic) bond motifs is 6. The Morgan fingerprint density at radius 2 is 0.544 bits per heavy atom. The molecule has 3 heterocycles. The van der Waals surface area contributed by atoms with E-state index in [4.69, 9.17) is 9.97 Å². The van der Waals surface area contributed by atoms with Crippen LogP contribution in [-0.2, 0) is 0 Å². The first kappa shape index (κ1) is 39.3. The maximum absolute atomic E-state index is 4.78. The molecule has 0 N–H and O–H groups in total. The van der Waals surface area contributed by atoms with Gasteiger partial charge in [-0.2, -0.15) is 0 Å². The van der Waals surface area contributed by atoms with Crippen LogP contribution >= 0.6 is 0 Å². The van der Waals surface area contributed by atoms with E-state index in [0.717, 1.165) is 56.1 Å². The molecule has 0 saturated heterocycles. The summed E-state index contributed by atoms with van der Waals surface area (Å²) >= 11 is 0. The summed E-state index contributed by atoms with van der Waals surface area (Å²) in [5.74, 6) is 0. The van der Waals surface area contributed by atoms with Crippen molar-refractivity contribution in [3.05, 3.63) is 255 Å². The Kier molecular flexibility index (Phi) is 9.47. The number of hydrogen-bond donors (Lipinski definition) is 0. The average molecular weight is 867 g/mol. The van der Waals surface area contributed by atoms with E-state index in [1.807, 2.05) is 0 Å². The Bertz CT molecular complexity index is 3770. The number of hydrogen-bond acceptors (Lipinski definition) is 2. The fourth-order valence-corrected chi connectivity index (χ4v) is 10.2. The fourth-order valence-electron chi connectivity index (χ4n) is 10.2. The van der Waals surface area contributed by atoms with Crippen LogP contribution < -0.4 is 0 Å². The van der Waals surface area contributed by atoms with Gasteiger partial charge in [-0.25, -0.2) is 9.97 Å². The molecular formula is C64H42N4. The molecule has 0 spiro atoms. The predicted octanol–water partition coefficient (Wildman–Crippen LogP) is 16.7. The van der Waals surface area contributed by atoms with Gasteiger partial charge >= 0.3 is 0 Å². The maximum Gasteiger partial charge on any atom is 0.116 e. The molecule has 68 heavy (non-hydrogen) atoms. The van der Waals surface area contributed by atoms with E-state index >= 15 is 0 Å². The van der Waals surface area contributed by atoms with Crippen molar-refractivity contribution in [3.63, 3.8) is 0 Å². The molecule has 0 aliphatic rings. The molecule has 0 saturated carbocycles. The van der Waals surface area contributed by atoms with Gasteiger partial charge in [-0.3, -0.25) is 0 Å². The van der Waals surface area contributed by atoms with Crippen LogP contribution in [0.15, 0.2) is 255 Å². The van der Waals surface area contributed by atoms with Crippen molar-refractivity contribution < 1.29 is 0 Å². The number of benzene rings is 10. The van der Waals surface area contributed by atoms with Crippen molar-refractivity contribution in [1.29, 1.82) is 0 Å². The van der Waals surface area contributed by atoms with Crippen LogP contribution in [0.4, 0.5) is 0 Å². The molecule has 4 heteroatoms. The second-order valence-electron chi connectivity index (χ2n) is 17.5. The quantitative estimate of drug-likeness (QED) is 0.153. The summed E-state index contributed by atoms with van der Waals surface area (Å²) in [6, 6.07) is 89.5. The van der Waals surface area contributed by atoms with Gasteiger partial charge < -0.3 is 9.13 Å². The van der Waals surface area contributed by atoms with Gasteiger partial charge in [0.1, 0.15) is 6.33 Å². The van der Waals surface area contributed by atoms with Crippen molar-refractivity contribution in [3.8, 4) is 78.4 Å². The molecule has 3 aromatic heterocycles. The number of aromatic nitrogens is 4. The Morgan fingerprint density at radius 3 is 0.956 bits per heavy atom. The van der Waals surface area contributed by atoms with Gasteiger partial charge in [0.25, 0.3) is 0 Å². The van der Waals surface area contributed by atoms with E-state index in [2.05, 4.69) is 258 Å². The summed E-state index contributed by atoms with van der Waals surface area (Å²) in [4.78, 5) is 9.57. The van der Waals surface area contributed by atoms with Crippen LogP contribution in [0.2, 0.25) is 0 Å². The molecule has 318 valence electrons. The van der Waals surface area contributed by atoms with E-state index in [-0.39, 0.29) is 0 Å². The van der Waals surface area contributed by atoms with Gasteiger partial charge in [-0.15, -0.1) is 0 Å². The summed E-state index contributed by atoms with van der Waals surface area (Å²) in [6.07, 6.45) is 1.68. The van der Waals surface area contributed by atoms with Crippen molar-refractivity contribution in [2.24, 2.45) is 0 Å². The summed E-state index contributed by atoms with van der Waals surface area (Å²) in [5, 5.41) is 4.98. The zero-order valence-electron chi connectivity index (χ0n) is 37.0. The van der Waals surface area contributed by atoms with Gasteiger partial charge in [-0.05, 0) is 136 Å². The topological polar surface area (TPSA) is 35.6 Å². The monoisotopic (exact) mass is 866 g/mol. The molecule has 0 unspecified atom stereocenters. The maximum atomic E-state index is 4.78. The molecule has 0 amide bonds. The van der Waals surface area contributed by atoms with Crippen molar-refractivity contribution >= 4 is 43.6 Å². The van der Waals surface area contributed by atoms with Gasteiger partial charge in [0, 0.05) is 44.0 Å². The summed E-state index contributed by atoms with van der Waals surface area (Å²) in [6.45, 7) is 0. The van der Waals surface area contributed by atoms with Gasteiger partial charge in [0.05, 0.1) is 33.5 Å². The van der Waals surface area contributed by atoms with Gasteiger partial charge in [0.15, 0.2) is 0 Å². The molecular weight excluding hydrogens is 825 g/mol. The lowest BCUT2D eigenvalue weighted by molar-refractivity contribution is 1.18. The van der Waals surface area contributed by atoms with Crippen LogP contribution in [0.1, 0.15) is 0 Å². The third-order valence-corrected chi connectivity index (χ3v) is 13.4. The lowest BCUT2D eigenvalue weighted by Gasteiger charge is -2.11. The molecule has 0 aliphatic carbocycles. The first-order chi connectivity index (χ1) is 33.7. The second kappa shape index (κ2) is 16.4. The summed E-state index contributed by atoms with van der Waals surface area (Å²) < 4.78 is 4.72. The Morgan fingerprint density at radius 1 is 0.221 bits per heavy atom. The van der Waals surface area contributed by atoms with Crippen LogP contribution in [0.3, 0.4) is 0 Å². The van der Waals surface area contributed by atoms with Crippen LogP contribution in [0.5, 0.6) is 0 Å². The lowest BCUT2D eigenvalue weighted by Crippen LogP contribution is -1.92. The molecule has 10 aromatic carbocycles. The molecule has 0 aliphatic heterocycles. The van der Waals surface area contributed by atoms with Crippen LogP contribution in [0.25, 0.3) is 122 Å². The first-order valence-corrected chi connectivity index (χ1v) is 23.1. The highest BCUT2D eigenvalue weighted by Gasteiger charge is 2.16. The molecule has 0 radical (unpaired) electrons. The van der Waals surface area contributed by atoms with E-state index in [1.54, 1.807) is 6.33 Å². The van der Waals surface area contributed by atoms with Crippen LogP contribution in [0, 0.1) is 0 Å². The first-order valence-electron chi connectivity index (χ1n) is 23.1. The number of nitrogens with zero attached hydrogens (tertiary/aromatic N) is 4. The molecule has 0 fully saturated rings. The fraction of sp³-hybridized carbons (Fsp3) is 0. The van der Waals surface area contributed by atoms with Crippen molar-refractivity contribution in [2.75, 3.05) is 0 Å². The molecule has 0 atom stereocenters. The van der Waals surface area contributed by atoms with Gasteiger partial charge in [0.2, 0.25) is 0 Å². The Balaban J connectivity index is 0.793. The lowest BCUT2D eigenvalue weighted by atomic mass is 9.96. The minimum absolute atomic E-state index is 0.879. The largest absolute Gasteiger partial charge is 0.309 e. The van der Waals surface area contributed by atoms with Crippen molar-refractivity contribution in [1.82, 2.24) is 19.1 Å². The minimum Gasteiger partial charge on any atom is -0.309 e. The predicted molar refractivity (Wildman–Crippen MR) is 283 cm³/mol. The summed E-state index contributed by atoms with van der Waals surface area (Å²) in [5.41, 5.74) is 20.3. The standard InChI is InChI=1S/C64H42N4/c1-3-23-53(24-4-1)67-61-29-9-7-27-55(61)57-39-49(31-33-63(57)67)45-17-11-15-43(35-45)47-19-13-21-51(37-47)59-41-60(66-42-65-59)52-22-14-20-48(38-52)44-16-12-18-46(36-44)50-32-34-64-58(40-50)56-28-8-10-30-62(56)68(64)54-25-5-2-6-26-54/h1-42H. The highest BCUT2D eigenvalue weighted by Crippen LogP contribution is 2.39. The normalized spacial score (nSPS) is 11.5. The van der Waals surface area contributed by atoms with E-state index < -0.39 is 0 Å². The highest BCUT2D eigenvalue weighted by molar-refractivity contribution is 6.11. The molecule has 13 aromatic rings. The third-order valence-electron chi connectivity index (χ3n) is 13.4. The van der Waals surface area contributed by atoms with Crippen molar-refractivity contribution in [2.45, 2.75) is 0 Å². The third kappa shape index (κ3) is 6.86. The Labute approximate surface area is 394 Å².